The van der Waals surface area contributed by atoms with Gasteiger partial charge in [0.25, 0.3) is 5.91 Å². The molecule has 0 bridgehead atoms. The number of nitrogens with one attached hydrogen (secondary N) is 1. The molecule has 2 aromatic carbocycles. The molecule has 148 valence electrons. The third-order valence-corrected chi connectivity index (χ3v) is 4.44. The average Bonchev–Trinajstić information content (AvgIpc) is 3.12. The van der Waals surface area contributed by atoms with Crippen molar-refractivity contribution in [2.75, 3.05) is 26.9 Å². The second-order valence-corrected chi connectivity index (χ2v) is 6.27. The number of amides is 1. The van der Waals surface area contributed by atoms with Crippen molar-refractivity contribution in [2.45, 2.75) is 6.92 Å². The summed E-state index contributed by atoms with van der Waals surface area (Å²) in [4.78, 5) is 24.1. The monoisotopic (exact) mass is 391 g/mol. The number of rotatable bonds is 7. The summed E-state index contributed by atoms with van der Waals surface area (Å²) in [5.41, 5.74) is 2.98. The average molecular weight is 391 g/mol. The largest absolute Gasteiger partial charge is 0.462 e. The lowest BCUT2D eigenvalue weighted by Crippen LogP contribution is -2.26. The van der Waals surface area contributed by atoms with Crippen LogP contribution in [-0.2, 0) is 9.47 Å². The molecule has 1 amide bonds. The fourth-order valence-electron chi connectivity index (χ4n) is 3.02. The van der Waals surface area contributed by atoms with Gasteiger partial charge in [-0.05, 0) is 49.4 Å². The molecular weight excluding hydrogens is 370 g/mol. The second kappa shape index (κ2) is 9.04. The third-order valence-electron chi connectivity index (χ3n) is 4.44. The molecule has 0 atom stereocenters. The topological polar surface area (TPSA) is 93.4 Å². The van der Waals surface area contributed by atoms with Crippen molar-refractivity contribution in [3.05, 3.63) is 65.4 Å². The Hall–Kier alpha value is -3.63. The summed E-state index contributed by atoms with van der Waals surface area (Å²) < 4.78 is 11.8. The van der Waals surface area contributed by atoms with Gasteiger partial charge in [-0.25, -0.2) is 4.79 Å². The Morgan fingerprint density at radius 3 is 2.52 bits per heavy atom. The normalized spacial score (nSPS) is 10.5. The van der Waals surface area contributed by atoms with Crippen LogP contribution in [0.3, 0.4) is 0 Å². The van der Waals surface area contributed by atoms with E-state index in [9.17, 15) is 14.9 Å². The van der Waals surface area contributed by atoms with Crippen molar-refractivity contribution in [1.82, 2.24) is 9.88 Å². The highest BCUT2D eigenvalue weighted by Gasteiger charge is 2.14. The van der Waals surface area contributed by atoms with E-state index in [0.29, 0.717) is 41.8 Å². The van der Waals surface area contributed by atoms with Crippen molar-refractivity contribution in [1.29, 1.82) is 5.26 Å². The van der Waals surface area contributed by atoms with E-state index in [-0.39, 0.29) is 11.9 Å². The summed E-state index contributed by atoms with van der Waals surface area (Å²) in [5.74, 6) is -0.599. The smallest absolute Gasteiger partial charge is 0.338 e. The van der Waals surface area contributed by atoms with Crippen LogP contribution >= 0.6 is 0 Å². The van der Waals surface area contributed by atoms with Gasteiger partial charge in [-0.3, -0.25) is 4.79 Å². The summed E-state index contributed by atoms with van der Waals surface area (Å²) in [6, 6.07) is 14.4. The van der Waals surface area contributed by atoms with Gasteiger partial charge in [0.2, 0.25) is 0 Å². The Morgan fingerprint density at radius 1 is 1.14 bits per heavy atom. The van der Waals surface area contributed by atoms with Crippen molar-refractivity contribution in [3.8, 4) is 11.8 Å². The maximum absolute atomic E-state index is 12.3. The van der Waals surface area contributed by atoms with Crippen molar-refractivity contribution < 1.29 is 19.1 Å². The lowest BCUT2D eigenvalue weighted by atomic mass is 10.1. The van der Waals surface area contributed by atoms with Crippen LogP contribution in [0.2, 0.25) is 0 Å². The predicted molar refractivity (Wildman–Crippen MR) is 108 cm³/mol. The summed E-state index contributed by atoms with van der Waals surface area (Å²) in [6.07, 6.45) is 1.72. The number of fused-ring (bicyclic) bond motifs is 1. The first-order valence-corrected chi connectivity index (χ1v) is 9.19. The van der Waals surface area contributed by atoms with Crippen LogP contribution in [0.5, 0.6) is 0 Å². The van der Waals surface area contributed by atoms with Gasteiger partial charge < -0.3 is 19.4 Å². The van der Waals surface area contributed by atoms with Gasteiger partial charge in [0, 0.05) is 36.5 Å². The Labute approximate surface area is 168 Å². The summed E-state index contributed by atoms with van der Waals surface area (Å²) in [6.45, 7) is 2.91. The zero-order valence-corrected chi connectivity index (χ0v) is 16.3. The van der Waals surface area contributed by atoms with Crippen LogP contribution in [0.4, 0.5) is 0 Å². The number of carbonyl (C=O) groups excluding carboxylic acids is 2. The number of nitrogens with zero attached hydrogens (tertiary/aromatic N) is 2. The predicted octanol–water partition coefficient (Wildman–Crippen LogP) is 3.06. The van der Waals surface area contributed by atoms with E-state index in [1.807, 2.05) is 4.57 Å². The van der Waals surface area contributed by atoms with E-state index in [1.54, 1.807) is 62.7 Å². The minimum absolute atomic E-state index is 0.223. The molecule has 1 aromatic heterocycles. The van der Waals surface area contributed by atoms with Gasteiger partial charge in [0.05, 0.1) is 29.9 Å². The summed E-state index contributed by atoms with van der Waals surface area (Å²) in [7, 11) is 1.57. The van der Waals surface area contributed by atoms with Crippen LogP contribution in [0, 0.1) is 11.3 Å². The fourth-order valence-corrected chi connectivity index (χ4v) is 3.02. The van der Waals surface area contributed by atoms with Crippen LogP contribution < -0.4 is 5.32 Å². The minimum Gasteiger partial charge on any atom is -0.462 e. The van der Waals surface area contributed by atoms with Gasteiger partial charge >= 0.3 is 5.97 Å². The summed E-state index contributed by atoms with van der Waals surface area (Å²) >= 11 is 0. The second-order valence-electron chi connectivity index (χ2n) is 6.27. The van der Waals surface area contributed by atoms with E-state index >= 15 is 0 Å². The van der Waals surface area contributed by atoms with Gasteiger partial charge in [-0.1, -0.05) is 0 Å². The number of esters is 1. The van der Waals surface area contributed by atoms with Gasteiger partial charge in [0.15, 0.2) is 0 Å². The van der Waals surface area contributed by atoms with Crippen LogP contribution in [0.15, 0.2) is 48.7 Å². The fraction of sp³-hybridized carbons (Fsp3) is 0.227. The molecule has 0 aliphatic carbocycles. The van der Waals surface area contributed by atoms with E-state index < -0.39 is 0 Å². The zero-order valence-electron chi connectivity index (χ0n) is 16.3. The molecule has 3 aromatic rings. The highest BCUT2D eigenvalue weighted by Crippen LogP contribution is 2.26. The number of hydrogen-bond donors (Lipinski definition) is 1. The lowest BCUT2D eigenvalue weighted by Gasteiger charge is -2.08. The van der Waals surface area contributed by atoms with Gasteiger partial charge in [0.1, 0.15) is 6.07 Å². The first-order valence-electron chi connectivity index (χ1n) is 9.19. The maximum Gasteiger partial charge on any atom is 0.338 e. The maximum atomic E-state index is 12.3. The molecule has 0 spiro atoms. The van der Waals surface area contributed by atoms with Crippen molar-refractivity contribution in [2.24, 2.45) is 0 Å². The highest BCUT2D eigenvalue weighted by atomic mass is 16.5. The lowest BCUT2D eigenvalue weighted by molar-refractivity contribution is 0.0526. The van der Waals surface area contributed by atoms with Crippen LogP contribution in [0.25, 0.3) is 16.6 Å². The molecule has 7 nitrogen and oxygen atoms in total. The highest BCUT2D eigenvalue weighted by molar-refractivity contribution is 6.00. The Kier molecular flexibility index (Phi) is 6.27. The van der Waals surface area contributed by atoms with Crippen LogP contribution in [0.1, 0.15) is 33.2 Å². The number of aromatic nitrogens is 1. The number of carbonyl (C=O) groups is 2. The molecule has 0 fully saturated rings. The molecule has 1 heterocycles. The molecule has 0 aliphatic rings. The Morgan fingerprint density at radius 2 is 1.86 bits per heavy atom. The first-order chi connectivity index (χ1) is 14.1. The number of methoxy groups -OCH3 is 1. The number of benzene rings is 2. The van der Waals surface area contributed by atoms with Crippen molar-refractivity contribution >= 4 is 22.8 Å². The molecule has 0 unspecified atom stereocenters. The number of nitriles is 1. The molecule has 7 heteroatoms. The van der Waals surface area contributed by atoms with E-state index in [2.05, 4.69) is 11.4 Å². The first kappa shape index (κ1) is 20.1. The number of hydrogen-bond acceptors (Lipinski definition) is 5. The molecule has 3 rings (SSSR count). The van der Waals surface area contributed by atoms with E-state index in [1.165, 1.54) is 0 Å². The van der Waals surface area contributed by atoms with Gasteiger partial charge in [-0.15, -0.1) is 0 Å². The molecule has 29 heavy (non-hydrogen) atoms. The van der Waals surface area contributed by atoms with Crippen molar-refractivity contribution in [3.63, 3.8) is 0 Å². The van der Waals surface area contributed by atoms with Crippen LogP contribution in [-0.4, -0.2) is 43.3 Å². The number of ether oxygens (including phenoxy) is 2. The molecule has 0 aliphatic heterocycles. The molecule has 0 radical (unpaired) electrons. The molecule has 0 saturated carbocycles. The molecular formula is C22H21N3O4. The third kappa shape index (κ3) is 4.28. The Balaban J connectivity index is 1.95. The Bertz CT molecular complexity index is 1080. The quantitative estimate of drug-likeness (QED) is 0.494. The molecule has 0 saturated heterocycles. The molecule has 1 N–H and O–H groups in total. The summed E-state index contributed by atoms with van der Waals surface area (Å²) in [5, 5.41) is 13.0. The zero-order chi connectivity index (χ0) is 20.8. The SMILES string of the molecule is CCOC(=O)c1ccc(-n2cc(C#N)c3cc(C(=O)NCCOC)ccc32)cc1. The van der Waals surface area contributed by atoms with E-state index in [0.717, 1.165) is 11.2 Å². The minimum atomic E-state index is -0.377. The standard InChI is InChI=1S/C22H21N3O4/c1-3-29-22(27)15-4-7-18(8-5-15)25-14-17(13-23)19-12-16(6-9-20(19)25)21(26)24-10-11-28-2/h4-9,12,14H,3,10-11H2,1-2H3,(H,24,26). The van der Waals surface area contributed by atoms with E-state index in [4.69, 9.17) is 9.47 Å². The van der Waals surface area contributed by atoms with Gasteiger partial charge in [-0.2, -0.15) is 5.26 Å².